The number of H-pyrrole nitrogens is 1. The Morgan fingerprint density at radius 2 is 1.80 bits per heavy atom. The lowest BCUT2D eigenvalue weighted by molar-refractivity contribution is -0.899. The summed E-state index contributed by atoms with van der Waals surface area (Å²) in [4.78, 5) is 3.33. The third kappa shape index (κ3) is 1.77. The Bertz CT molecular complexity index is 463. The highest BCUT2D eigenvalue weighted by Gasteiger charge is 2.22. The van der Waals surface area contributed by atoms with E-state index in [2.05, 4.69) is 63.5 Å². The van der Waals surface area contributed by atoms with E-state index in [1.807, 2.05) is 0 Å². The van der Waals surface area contributed by atoms with E-state index in [-0.39, 0.29) is 0 Å². The minimum absolute atomic E-state index is 0.501. The van der Waals surface area contributed by atoms with Gasteiger partial charge in [0.2, 0.25) is 0 Å². The summed E-state index contributed by atoms with van der Waals surface area (Å²) in [7, 11) is 6.69. The fourth-order valence-corrected chi connectivity index (χ4v) is 1.86. The van der Waals surface area contributed by atoms with Gasteiger partial charge in [0, 0.05) is 22.7 Å². The standard InChI is InChI=1S/C13H19N2/c1-10(15(2,3)4)12-9-14-13-8-6-5-7-11(12)13/h5-10,14H,1-4H3/q+1. The maximum absolute atomic E-state index is 3.33. The van der Waals surface area contributed by atoms with Crippen LogP contribution in [0.5, 0.6) is 0 Å². The first-order chi connectivity index (χ1) is 7.00. The second kappa shape index (κ2) is 3.38. The van der Waals surface area contributed by atoms with Gasteiger partial charge in [-0.15, -0.1) is 0 Å². The van der Waals surface area contributed by atoms with Crippen LogP contribution in [0.3, 0.4) is 0 Å². The molecule has 80 valence electrons. The van der Waals surface area contributed by atoms with Crippen LogP contribution in [0.1, 0.15) is 18.5 Å². The van der Waals surface area contributed by atoms with E-state index in [9.17, 15) is 0 Å². The van der Waals surface area contributed by atoms with Gasteiger partial charge in [0.1, 0.15) is 6.04 Å². The summed E-state index contributed by atoms with van der Waals surface area (Å²) in [6, 6.07) is 8.98. The molecule has 0 saturated carbocycles. The molecule has 15 heavy (non-hydrogen) atoms. The topological polar surface area (TPSA) is 15.8 Å². The fraction of sp³-hybridized carbons (Fsp3) is 0.385. The van der Waals surface area contributed by atoms with Crippen LogP contribution in [0.25, 0.3) is 10.9 Å². The fourth-order valence-electron chi connectivity index (χ4n) is 1.86. The van der Waals surface area contributed by atoms with E-state index >= 15 is 0 Å². The summed E-state index contributed by atoms with van der Waals surface area (Å²) < 4.78 is 0.946. The molecule has 2 aromatic rings. The molecule has 1 heterocycles. The monoisotopic (exact) mass is 203 g/mol. The minimum atomic E-state index is 0.501. The van der Waals surface area contributed by atoms with Crippen molar-refractivity contribution in [2.75, 3.05) is 21.1 Å². The molecular weight excluding hydrogens is 184 g/mol. The van der Waals surface area contributed by atoms with Crippen molar-refractivity contribution < 1.29 is 4.48 Å². The summed E-state index contributed by atoms with van der Waals surface area (Å²) in [6.45, 7) is 2.27. The van der Waals surface area contributed by atoms with Gasteiger partial charge in [-0.05, 0) is 13.0 Å². The number of fused-ring (bicyclic) bond motifs is 1. The summed E-state index contributed by atoms with van der Waals surface area (Å²) in [5.41, 5.74) is 2.63. The Morgan fingerprint density at radius 1 is 1.13 bits per heavy atom. The highest BCUT2D eigenvalue weighted by Crippen LogP contribution is 2.29. The van der Waals surface area contributed by atoms with Crippen LogP contribution in [0, 0.1) is 0 Å². The van der Waals surface area contributed by atoms with Crippen LogP contribution < -0.4 is 0 Å². The van der Waals surface area contributed by atoms with E-state index in [4.69, 9.17) is 0 Å². The highest BCUT2D eigenvalue weighted by atomic mass is 15.3. The molecule has 0 spiro atoms. The van der Waals surface area contributed by atoms with Crippen molar-refractivity contribution >= 4 is 10.9 Å². The second-order valence-corrected chi connectivity index (χ2v) is 5.08. The minimum Gasteiger partial charge on any atom is -0.361 e. The van der Waals surface area contributed by atoms with Crippen LogP contribution in [0.4, 0.5) is 0 Å². The third-order valence-corrected chi connectivity index (χ3v) is 3.23. The number of hydrogen-bond acceptors (Lipinski definition) is 0. The zero-order valence-electron chi connectivity index (χ0n) is 9.91. The zero-order valence-corrected chi connectivity index (χ0v) is 9.91. The molecule has 1 atom stereocenters. The van der Waals surface area contributed by atoms with Crippen molar-refractivity contribution in [3.05, 3.63) is 36.0 Å². The van der Waals surface area contributed by atoms with Gasteiger partial charge in [0.15, 0.2) is 0 Å². The van der Waals surface area contributed by atoms with Crippen molar-refractivity contribution in [2.45, 2.75) is 13.0 Å². The lowest BCUT2D eigenvalue weighted by atomic mass is 10.1. The van der Waals surface area contributed by atoms with E-state index in [1.165, 1.54) is 16.5 Å². The number of nitrogens with one attached hydrogen (secondary N) is 1. The molecule has 0 radical (unpaired) electrons. The van der Waals surface area contributed by atoms with Crippen molar-refractivity contribution in [2.24, 2.45) is 0 Å². The van der Waals surface area contributed by atoms with Crippen molar-refractivity contribution in [1.29, 1.82) is 0 Å². The second-order valence-electron chi connectivity index (χ2n) is 5.08. The summed E-state index contributed by atoms with van der Waals surface area (Å²) in [6.07, 6.45) is 2.14. The molecule has 1 N–H and O–H groups in total. The molecule has 0 amide bonds. The first-order valence-electron chi connectivity index (χ1n) is 5.37. The smallest absolute Gasteiger partial charge is 0.113 e. The van der Waals surface area contributed by atoms with Gasteiger partial charge in [-0.2, -0.15) is 0 Å². The van der Waals surface area contributed by atoms with Gasteiger partial charge in [0.05, 0.1) is 21.1 Å². The molecule has 0 aliphatic rings. The molecule has 1 aromatic heterocycles. The number of nitrogens with zero attached hydrogens (tertiary/aromatic N) is 1. The van der Waals surface area contributed by atoms with Gasteiger partial charge >= 0.3 is 0 Å². The number of aromatic nitrogens is 1. The largest absolute Gasteiger partial charge is 0.361 e. The third-order valence-electron chi connectivity index (χ3n) is 3.23. The summed E-state index contributed by atoms with van der Waals surface area (Å²) >= 11 is 0. The van der Waals surface area contributed by atoms with E-state index in [0.29, 0.717) is 6.04 Å². The van der Waals surface area contributed by atoms with Crippen molar-refractivity contribution in [3.8, 4) is 0 Å². The SMILES string of the molecule is CC(c1c[nH]c2ccccc12)[N+](C)(C)C. The number of hydrogen-bond donors (Lipinski definition) is 1. The van der Waals surface area contributed by atoms with Crippen LogP contribution in [-0.2, 0) is 0 Å². The molecule has 2 heteroatoms. The van der Waals surface area contributed by atoms with E-state index in [0.717, 1.165) is 4.48 Å². The van der Waals surface area contributed by atoms with Crippen LogP contribution in [0.15, 0.2) is 30.5 Å². The summed E-state index contributed by atoms with van der Waals surface area (Å²) in [5.74, 6) is 0. The first-order valence-corrected chi connectivity index (χ1v) is 5.37. The maximum atomic E-state index is 3.33. The lowest BCUT2D eigenvalue weighted by Crippen LogP contribution is -2.37. The van der Waals surface area contributed by atoms with E-state index < -0.39 is 0 Å². The normalized spacial score (nSPS) is 14.4. The average Bonchev–Trinajstić information content (AvgIpc) is 2.58. The summed E-state index contributed by atoms with van der Waals surface area (Å²) in [5, 5.41) is 1.35. The molecule has 0 aliphatic carbocycles. The Hall–Kier alpha value is -1.28. The Balaban J connectivity index is 2.53. The molecular formula is C13H19N2+. The van der Waals surface area contributed by atoms with E-state index in [1.54, 1.807) is 0 Å². The molecule has 2 rings (SSSR count). The average molecular weight is 203 g/mol. The van der Waals surface area contributed by atoms with Gasteiger partial charge < -0.3 is 9.47 Å². The number of quaternary nitrogens is 1. The first kappa shape index (κ1) is 10.2. The van der Waals surface area contributed by atoms with Gasteiger partial charge in [-0.1, -0.05) is 18.2 Å². The molecule has 2 nitrogen and oxygen atoms in total. The molecule has 0 bridgehead atoms. The molecule has 0 saturated heterocycles. The Labute approximate surface area is 91.1 Å². The van der Waals surface area contributed by atoms with Crippen LogP contribution in [-0.4, -0.2) is 30.6 Å². The number of rotatable bonds is 2. The van der Waals surface area contributed by atoms with Gasteiger partial charge in [-0.25, -0.2) is 0 Å². The van der Waals surface area contributed by atoms with Crippen LogP contribution >= 0.6 is 0 Å². The zero-order chi connectivity index (χ0) is 11.1. The predicted molar refractivity (Wildman–Crippen MR) is 64.7 cm³/mol. The number of para-hydroxylation sites is 1. The Morgan fingerprint density at radius 3 is 2.47 bits per heavy atom. The van der Waals surface area contributed by atoms with Crippen molar-refractivity contribution in [3.63, 3.8) is 0 Å². The van der Waals surface area contributed by atoms with Crippen molar-refractivity contribution in [1.82, 2.24) is 4.98 Å². The molecule has 1 unspecified atom stereocenters. The lowest BCUT2D eigenvalue weighted by Gasteiger charge is -2.31. The van der Waals surface area contributed by atoms with Crippen LogP contribution in [0.2, 0.25) is 0 Å². The quantitative estimate of drug-likeness (QED) is 0.722. The predicted octanol–water partition coefficient (Wildman–Crippen LogP) is 2.94. The Kier molecular flexibility index (Phi) is 2.31. The molecule has 0 fully saturated rings. The molecule has 1 aromatic carbocycles. The maximum Gasteiger partial charge on any atom is 0.113 e. The number of benzene rings is 1. The highest BCUT2D eigenvalue weighted by molar-refractivity contribution is 5.83. The van der Waals surface area contributed by atoms with Gasteiger partial charge in [-0.3, -0.25) is 0 Å². The molecule has 0 aliphatic heterocycles. The number of aromatic amines is 1. The van der Waals surface area contributed by atoms with Gasteiger partial charge in [0.25, 0.3) is 0 Å².